The maximum absolute atomic E-state index is 4.14. The number of hydrogen-bond acceptors (Lipinski definition) is 1. The number of benzene rings is 2. The lowest BCUT2D eigenvalue weighted by Crippen LogP contribution is -1.89. The molecule has 0 amide bonds. The summed E-state index contributed by atoms with van der Waals surface area (Å²) in [4.78, 5) is 4.14. The highest BCUT2D eigenvalue weighted by Gasteiger charge is 2.02. The van der Waals surface area contributed by atoms with E-state index in [1.165, 1.54) is 21.9 Å². The Morgan fingerprint density at radius 1 is 1.06 bits per heavy atom. The van der Waals surface area contributed by atoms with Crippen LogP contribution in [0.1, 0.15) is 18.1 Å². The largest absolute Gasteiger partial charge is 0.296 e. The number of fused-ring (bicyclic) bond motifs is 1. The van der Waals surface area contributed by atoms with E-state index in [-0.39, 0.29) is 0 Å². The first kappa shape index (κ1) is 10.6. The van der Waals surface area contributed by atoms with Gasteiger partial charge in [0, 0.05) is 18.8 Å². The van der Waals surface area contributed by atoms with E-state index < -0.39 is 0 Å². The number of rotatable bonds is 2. The minimum Gasteiger partial charge on any atom is -0.296 e. The molecule has 1 heteroatoms. The summed E-state index contributed by atoms with van der Waals surface area (Å²) in [6, 6.07) is 12.7. The van der Waals surface area contributed by atoms with Crippen molar-refractivity contribution in [2.75, 3.05) is 7.05 Å². The molecule has 0 aliphatic carbocycles. The van der Waals surface area contributed by atoms with Crippen LogP contribution in [0.5, 0.6) is 0 Å². The van der Waals surface area contributed by atoms with Crippen molar-refractivity contribution in [3.05, 3.63) is 53.6 Å². The predicted molar refractivity (Wildman–Crippen MR) is 72.2 cm³/mol. The third-order valence-corrected chi connectivity index (χ3v) is 2.61. The van der Waals surface area contributed by atoms with Gasteiger partial charge in [-0.2, -0.15) is 0 Å². The summed E-state index contributed by atoms with van der Waals surface area (Å²) in [5.74, 6) is 0. The fraction of sp³-hybridized carbons (Fsp3) is 0.133. The van der Waals surface area contributed by atoms with E-state index in [1.54, 1.807) is 7.05 Å². The van der Waals surface area contributed by atoms with Gasteiger partial charge in [0.15, 0.2) is 0 Å². The van der Waals surface area contributed by atoms with Gasteiger partial charge in [0.25, 0.3) is 0 Å². The molecule has 2 aromatic rings. The maximum atomic E-state index is 4.14. The Kier molecular flexibility index (Phi) is 3.16. The highest BCUT2D eigenvalue weighted by atomic mass is 14.6. The number of aliphatic imine (C=N–C) groups is 1. The summed E-state index contributed by atoms with van der Waals surface area (Å²) in [7, 11) is 1.81. The van der Waals surface area contributed by atoms with Gasteiger partial charge < -0.3 is 0 Å². The van der Waals surface area contributed by atoms with Gasteiger partial charge in [0.1, 0.15) is 0 Å². The molecule has 0 radical (unpaired) electrons. The van der Waals surface area contributed by atoms with Crippen molar-refractivity contribution in [2.45, 2.75) is 6.92 Å². The predicted octanol–water partition coefficient (Wildman–Crippen LogP) is 3.92. The van der Waals surface area contributed by atoms with Crippen molar-refractivity contribution < 1.29 is 0 Å². The van der Waals surface area contributed by atoms with E-state index in [1.807, 2.05) is 13.1 Å². The molecule has 0 saturated carbocycles. The minimum absolute atomic E-state index is 1.19. The molecule has 0 heterocycles. The zero-order valence-corrected chi connectivity index (χ0v) is 9.64. The highest BCUT2D eigenvalue weighted by molar-refractivity contribution is 6.03. The molecule has 0 atom stereocenters. The molecular formula is C15H15N. The van der Waals surface area contributed by atoms with Crippen molar-refractivity contribution in [3.63, 3.8) is 0 Å². The molecule has 0 unspecified atom stereocenters. The van der Waals surface area contributed by atoms with Crippen LogP contribution in [0.2, 0.25) is 0 Å². The number of nitrogens with zero attached hydrogens (tertiary/aromatic N) is 1. The third kappa shape index (κ3) is 1.89. The summed E-state index contributed by atoms with van der Waals surface area (Å²) in [6.45, 7) is 2.03. The van der Waals surface area contributed by atoms with Crippen molar-refractivity contribution >= 4 is 23.1 Å². The summed E-state index contributed by atoms with van der Waals surface area (Å²) in [5, 5.41) is 2.51. The molecule has 2 aromatic carbocycles. The zero-order valence-electron chi connectivity index (χ0n) is 9.64. The molecule has 0 bridgehead atoms. The summed E-state index contributed by atoms with van der Waals surface area (Å²) < 4.78 is 0. The molecule has 0 aromatic heterocycles. The molecule has 80 valence electrons. The van der Waals surface area contributed by atoms with Gasteiger partial charge in [-0.1, -0.05) is 48.6 Å². The first-order chi connectivity index (χ1) is 7.86. The zero-order chi connectivity index (χ0) is 11.4. The van der Waals surface area contributed by atoms with Gasteiger partial charge in [0.05, 0.1) is 0 Å². The van der Waals surface area contributed by atoms with Crippen molar-refractivity contribution in [1.82, 2.24) is 0 Å². The Morgan fingerprint density at radius 2 is 1.88 bits per heavy atom. The Labute approximate surface area is 96.1 Å². The molecule has 1 nitrogen and oxygen atoms in total. The molecule has 16 heavy (non-hydrogen) atoms. The second-order valence-electron chi connectivity index (χ2n) is 3.68. The van der Waals surface area contributed by atoms with Crippen LogP contribution in [-0.2, 0) is 0 Å². The lowest BCUT2D eigenvalue weighted by atomic mass is 9.99. The fourth-order valence-electron chi connectivity index (χ4n) is 1.91. The second kappa shape index (κ2) is 4.75. The molecule has 0 aliphatic heterocycles. The standard InChI is InChI=1S/C15H15N/c1-3-6-12-9-10-13-7-4-5-8-14(13)15(12)11-16-2/h3-11H,1-2H3/b6-3-,16-11-. The molecule has 2 rings (SSSR count). The average Bonchev–Trinajstić information content (AvgIpc) is 2.32. The summed E-state index contributed by atoms with van der Waals surface area (Å²) in [6.07, 6.45) is 6.10. The quantitative estimate of drug-likeness (QED) is 0.665. The van der Waals surface area contributed by atoms with Crippen LogP contribution in [0.25, 0.3) is 16.8 Å². The summed E-state index contributed by atoms with van der Waals surface area (Å²) >= 11 is 0. The van der Waals surface area contributed by atoms with Gasteiger partial charge in [-0.15, -0.1) is 0 Å². The highest BCUT2D eigenvalue weighted by Crippen LogP contribution is 2.22. The van der Waals surface area contributed by atoms with Gasteiger partial charge in [-0.3, -0.25) is 4.99 Å². The topological polar surface area (TPSA) is 12.4 Å². The van der Waals surface area contributed by atoms with E-state index in [4.69, 9.17) is 0 Å². The molecular weight excluding hydrogens is 194 g/mol. The lowest BCUT2D eigenvalue weighted by molar-refractivity contribution is 1.46. The van der Waals surface area contributed by atoms with Gasteiger partial charge in [-0.25, -0.2) is 0 Å². The van der Waals surface area contributed by atoms with E-state index in [9.17, 15) is 0 Å². The van der Waals surface area contributed by atoms with Crippen LogP contribution in [0, 0.1) is 0 Å². The normalized spacial score (nSPS) is 11.9. The monoisotopic (exact) mass is 209 g/mol. The fourth-order valence-corrected chi connectivity index (χ4v) is 1.91. The lowest BCUT2D eigenvalue weighted by Gasteiger charge is -2.06. The van der Waals surface area contributed by atoms with E-state index >= 15 is 0 Å². The minimum atomic E-state index is 1.19. The Balaban J connectivity index is 2.78. The first-order valence-corrected chi connectivity index (χ1v) is 5.43. The van der Waals surface area contributed by atoms with Crippen LogP contribution < -0.4 is 0 Å². The van der Waals surface area contributed by atoms with Crippen molar-refractivity contribution in [2.24, 2.45) is 4.99 Å². The summed E-state index contributed by atoms with van der Waals surface area (Å²) in [5.41, 5.74) is 2.41. The molecule has 0 fully saturated rings. The number of allylic oxidation sites excluding steroid dienone is 1. The van der Waals surface area contributed by atoms with Crippen molar-refractivity contribution in [3.8, 4) is 0 Å². The van der Waals surface area contributed by atoms with E-state index in [0.717, 1.165) is 0 Å². The van der Waals surface area contributed by atoms with Gasteiger partial charge in [-0.05, 0) is 23.3 Å². The smallest absolute Gasteiger partial charge is 0.0293 e. The first-order valence-electron chi connectivity index (χ1n) is 5.43. The Hall–Kier alpha value is -1.89. The molecule has 0 saturated heterocycles. The van der Waals surface area contributed by atoms with Crippen LogP contribution in [0.4, 0.5) is 0 Å². The Bertz CT molecular complexity index is 550. The molecule has 0 aliphatic rings. The van der Waals surface area contributed by atoms with Crippen LogP contribution in [0.15, 0.2) is 47.5 Å². The third-order valence-electron chi connectivity index (χ3n) is 2.61. The number of hydrogen-bond donors (Lipinski definition) is 0. The van der Waals surface area contributed by atoms with Crippen LogP contribution in [-0.4, -0.2) is 13.3 Å². The van der Waals surface area contributed by atoms with Gasteiger partial charge >= 0.3 is 0 Å². The van der Waals surface area contributed by atoms with Crippen LogP contribution in [0.3, 0.4) is 0 Å². The second-order valence-corrected chi connectivity index (χ2v) is 3.68. The molecule has 0 spiro atoms. The SMILES string of the molecule is C/C=C\c1ccc2ccccc2c1/C=N\C. The van der Waals surface area contributed by atoms with Gasteiger partial charge in [0.2, 0.25) is 0 Å². The van der Waals surface area contributed by atoms with E-state index in [2.05, 4.69) is 53.5 Å². The maximum Gasteiger partial charge on any atom is 0.0293 e. The van der Waals surface area contributed by atoms with Crippen molar-refractivity contribution in [1.29, 1.82) is 0 Å². The van der Waals surface area contributed by atoms with E-state index in [0.29, 0.717) is 0 Å². The average molecular weight is 209 g/mol. The van der Waals surface area contributed by atoms with Crippen LogP contribution >= 0.6 is 0 Å². The Morgan fingerprint density at radius 3 is 2.62 bits per heavy atom. The molecule has 0 N–H and O–H groups in total.